The number of hydrogen-bond donors (Lipinski definition) is 2. The lowest BCUT2D eigenvalue weighted by Crippen LogP contribution is -2.42. The zero-order valence-corrected chi connectivity index (χ0v) is 20.6. The molecule has 2 amide bonds. The van der Waals surface area contributed by atoms with Gasteiger partial charge >= 0.3 is 6.18 Å². The summed E-state index contributed by atoms with van der Waals surface area (Å²) in [5.41, 5.74) is -6.60. The summed E-state index contributed by atoms with van der Waals surface area (Å²) in [6, 6.07) is 7.48. The Balaban J connectivity index is 1.65. The lowest BCUT2D eigenvalue weighted by atomic mass is 9.87. The molecule has 0 saturated heterocycles. The summed E-state index contributed by atoms with van der Waals surface area (Å²) >= 11 is 5.94. The Morgan fingerprint density at radius 1 is 1.03 bits per heavy atom. The molecule has 0 bridgehead atoms. The standard InChI is InChI=1S/C26H18ClF7N2O3/c1-24(39)18-11-14(27)3-7-21(18)36(9-8-25(24,30)31)23(38)13-2-6-20(19(29)10-13)35-22(37)16-12-15(28)4-5-17(16)26(32,33)34/h2-7,10-12,39H,8-9H2,1H3,(H,35,37)/t24-/m1/s1. The summed E-state index contributed by atoms with van der Waals surface area (Å²) in [4.78, 5) is 26.6. The minimum Gasteiger partial charge on any atom is -0.379 e. The van der Waals surface area contributed by atoms with Crippen LogP contribution in [-0.4, -0.2) is 29.4 Å². The third-order valence-corrected chi connectivity index (χ3v) is 6.61. The number of anilines is 2. The molecule has 206 valence electrons. The van der Waals surface area contributed by atoms with Crippen molar-refractivity contribution in [3.63, 3.8) is 0 Å². The first kappa shape index (κ1) is 28.4. The largest absolute Gasteiger partial charge is 0.417 e. The van der Waals surface area contributed by atoms with Crippen molar-refractivity contribution in [2.75, 3.05) is 16.8 Å². The average Bonchev–Trinajstić information content (AvgIpc) is 2.91. The molecule has 0 aromatic heterocycles. The number of nitrogens with zero attached hydrogens (tertiary/aromatic N) is 1. The van der Waals surface area contributed by atoms with E-state index in [-0.39, 0.29) is 21.8 Å². The van der Waals surface area contributed by atoms with E-state index < -0.39 is 70.9 Å². The molecule has 0 aliphatic carbocycles. The number of fused-ring (bicyclic) bond motifs is 1. The highest BCUT2D eigenvalue weighted by molar-refractivity contribution is 6.30. The SMILES string of the molecule is C[C@@]1(O)c2cc(Cl)ccc2N(C(=O)c2ccc(NC(=O)c3cc(F)ccc3C(F)(F)F)c(F)c2)CCC1(F)F. The fourth-order valence-corrected chi connectivity index (χ4v) is 4.38. The maximum absolute atomic E-state index is 14.9. The van der Waals surface area contributed by atoms with Gasteiger partial charge in [0.1, 0.15) is 11.6 Å². The van der Waals surface area contributed by atoms with Crippen molar-refractivity contribution < 1.29 is 45.4 Å². The van der Waals surface area contributed by atoms with E-state index in [0.717, 1.165) is 30.0 Å². The maximum atomic E-state index is 14.9. The normalized spacial score (nSPS) is 18.8. The lowest BCUT2D eigenvalue weighted by molar-refractivity contribution is -0.177. The fourth-order valence-electron chi connectivity index (χ4n) is 4.20. The third-order valence-electron chi connectivity index (χ3n) is 6.38. The highest BCUT2D eigenvalue weighted by Gasteiger charge is 2.53. The molecule has 1 heterocycles. The lowest BCUT2D eigenvalue weighted by Gasteiger charge is -2.32. The molecule has 0 radical (unpaired) electrons. The van der Waals surface area contributed by atoms with Crippen LogP contribution in [0, 0.1) is 11.6 Å². The summed E-state index contributed by atoms with van der Waals surface area (Å²) < 4.78 is 97.7. The monoisotopic (exact) mass is 574 g/mol. The molecule has 39 heavy (non-hydrogen) atoms. The number of carbonyl (C=O) groups excluding carboxylic acids is 2. The van der Waals surface area contributed by atoms with E-state index in [1.165, 1.54) is 12.1 Å². The number of halogens is 8. The number of nitrogens with one attached hydrogen (secondary N) is 1. The summed E-state index contributed by atoms with van der Waals surface area (Å²) in [7, 11) is 0. The van der Waals surface area contributed by atoms with Gasteiger partial charge in [-0.1, -0.05) is 11.6 Å². The number of carbonyl (C=O) groups is 2. The van der Waals surface area contributed by atoms with E-state index in [2.05, 4.69) is 0 Å². The molecule has 1 atom stereocenters. The summed E-state index contributed by atoms with van der Waals surface area (Å²) in [5.74, 6) is -8.41. The molecule has 3 aromatic rings. The zero-order valence-electron chi connectivity index (χ0n) is 19.8. The maximum Gasteiger partial charge on any atom is 0.417 e. The number of amides is 2. The molecule has 5 nitrogen and oxygen atoms in total. The van der Waals surface area contributed by atoms with Crippen LogP contribution in [0.2, 0.25) is 5.02 Å². The second-order valence-corrected chi connectivity index (χ2v) is 9.42. The summed E-state index contributed by atoms with van der Waals surface area (Å²) in [5, 5.41) is 12.6. The van der Waals surface area contributed by atoms with Gasteiger partial charge in [0.2, 0.25) is 0 Å². The first-order valence-corrected chi connectivity index (χ1v) is 11.6. The Labute approximate surface area is 221 Å². The van der Waals surface area contributed by atoms with Crippen molar-refractivity contribution in [1.29, 1.82) is 0 Å². The smallest absolute Gasteiger partial charge is 0.379 e. The number of benzene rings is 3. The van der Waals surface area contributed by atoms with E-state index >= 15 is 0 Å². The molecule has 1 aliphatic rings. The highest BCUT2D eigenvalue weighted by atomic mass is 35.5. The molecule has 13 heteroatoms. The zero-order chi connectivity index (χ0) is 28.9. The first-order valence-electron chi connectivity index (χ1n) is 11.2. The highest BCUT2D eigenvalue weighted by Crippen LogP contribution is 2.47. The Hall–Kier alpha value is -3.64. The van der Waals surface area contributed by atoms with E-state index in [1.807, 2.05) is 5.32 Å². The molecular formula is C26H18ClF7N2O3. The van der Waals surface area contributed by atoms with Gasteiger partial charge in [-0.3, -0.25) is 9.59 Å². The minimum absolute atomic E-state index is 0.0252. The quantitative estimate of drug-likeness (QED) is 0.339. The van der Waals surface area contributed by atoms with E-state index in [4.69, 9.17) is 11.6 Å². The molecule has 3 aromatic carbocycles. The van der Waals surface area contributed by atoms with Gasteiger partial charge in [0.15, 0.2) is 5.60 Å². The number of hydrogen-bond acceptors (Lipinski definition) is 3. The van der Waals surface area contributed by atoms with Crippen LogP contribution in [0.25, 0.3) is 0 Å². The molecule has 1 aliphatic heterocycles. The van der Waals surface area contributed by atoms with Gasteiger partial charge in [-0.15, -0.1) is 0 Å². The van der Waals surface area contributed by atoms with Crippen LogP contribution in [-0.2, 0) is 11.8 Å². The second-order valence-electron chi connectivity index (χ2n) is 8.98. The molecule has 4 rings (SSSR count). The summed E-state index contributed by atoms with van der Waals surface area (Å²) in [6.45, 7) is 0.326. The summed E-state index contributed by atoms with van der Waals surface area (Å²) in [6.07, 6.45) is -5.94. The Morgan fingerprint density at radius 3 is 2.36 bits per heavy atom. The average molecular weight is 575 g/mol. The predicted octanol–water partition coefficient (Wildman–Crippen LogP) is 6.78. The van der Waals surface area contributed by atoms with Gasteiger partial charge in [0, 0.05) is 29.1 Å². The van der Waals surface area contributed by atoms with Gasteiger partial charge in [0.05, 0.1) is 22.5 Å². The van der Waals surface area contributed by atoms with E-state index in [0.29, 0.717) is 24.3 Å². The Morgan fingerprint density at radius 2 is 1.72 bits per heavy atom. The van der Waals surface area contributed by atoms with E-state index in [9.17, 15) is 45.4 Å². The Kier molecular flexibility index (Phi) is 7.15. The number of aliphatic hydroxyl groups is 1. The molecular weight excluding hydrogens is 557 g/mol. The van der Waals surface area contributed by atoms with Crippen LogP contribution in [0.4, 0.5) is 42.1 Å². The fraction of sp³-hybridized carbons (Fsp3) is 0.231. The van der Waals surface area contributed by atoms with Crippen LogP contribution in [0.15, 0.2) is 54.6 Å². The molecule has 0 unspecified atom stereocenters. The van der Waals surface area contributed by atoms with Crippen molar-refractivity contribution in [3.8, 4) is 0 Å². The third kappa shape index (κ3) is 5.30. The van der Waals surface area contributed by atoms with Crippen molar-refractivity contribution in [2.45, 2.75) is 31.0 Å². The topological polar surface area (TPSA) is 69.6 Å². The molecule has 2 N–H and O–H groups in total. The predicted molar refractivity (Wildman–Crippen MR) is 128 cm³/mol. The van der Waals surface area contributed by atoms with Gasteiger partial charge in [-0.25, -0.2) is 17.6 Å². The first-order chi connectivity index (χ1) is 18.0. The van der Waals surface area contributed by atoms with Gasteiger partial charge < -0.3 is 15.3 Å². The van der Waals surface area contributed by atoms with Crippen LogP contribution >= 0.6 is 11.6 Å². The van der Waals surface area contributed by atoms with Crippen LogP contribution in [0.1, 0.15) is 45.2 Å². The van der Waals surface area contributed by atoms with Gasteiger partial charge in [0.25, 0.3) is 17.7 Å². The minimum atomic E-state index is -5.00. The number of rotatable bonds is 3. The second kappa shape index (κ2) is 9.83. The van der Waals surface area contributed by atoms with E-state index in [1.54, 1.807) is 0 Å². The molecule has 0 saturated carbocycles. The van der Waals surface area contributed by atoms with Crippen molar-refractivity contribution in [3.05, 3.63) is 93.5 Å². The van der Waals surface area contributed by atoms with Crippen LogP contribution in [0.5, 0.6) is 0 Å². The van der Waals surface area contributed by atoms with Crippen molar-refractivity contribution in [1.82, 2.24) is 0 Å². The molecule has 0 spiro atoms. The van der Waals surface area contributed by atoms with Crippen molar-refractivity contribution >= 4 is 34.8 Å². The van der Waals surface area contributed by atoms with Gasteiger partial charge in [-0.2, -0.15) is 13.2 Å². The van der Waals surface area contributed by atoms with Crippen LogP contribution < -0.4 is 10.2 Å². The van der Waals surface area contributed by atoms with Crippen LogP contribution in [0.3, 0.4) is 0 Å². The Bertz CT molecular complexity index is 1470. The van der Waals surface area contributed by atoms with Crippen molar-refractivity contribution in [2.24, 2.45) is 0 Å². The van der Waals surface area contributed by atoms with Gasteiger partial charge in [-0.05, 0) is 61.5 Å². The molecule has 0 fully saturated rings. The number of alkyl halides is 5.